The van der Waals surface area contributed by atoms with Crippen molar-refractivity contribution in [2.75, 3.05) is 18.4 Å². The lowest BCUT2D eigenvalue weighted by atomic mass is 9.99. The fourth-order valence-corrected chi connectivity index (χ4v) is 2.35. The van der Waals surface area contributed by atoms with E-state index in [1.807, 2.05) is 24.3 Å². The molecule has 6 nitrogen and oxygen atoms in total. The van der Waals surface area contributed by atoms with Gasteiger partial charge in [0.05, 0.1) is 24.0 Å². The largest absolute Gasteiger partial charge is 0.326 e. The zero-order valence-corrected chi connectivity index (χ0v) is 11.1. The third kappa shape index (κ3) is 2.85. The molecule has 1 saturated heterocycles. The Labute approximate surface area is 117 Å². The third-order valence-corrected chi connectivity index (χ3v) is 3.45. The van der Waals surface area contributed by atoms with Gasteiger partial charge in [0, 0.05) is 12.2 Å². The lowest BCUT2D eigenvalue weighted by molar-refractivity contribution is -0.120. The van der Waals surface area contributed by atoms with Gasteiger partial charge in [-0.25, -0.2) is 0 Å². The molecule has 2 N–H and O–H groups in total. The van der Waals surface area contributed by atoms with Crippen LogP contribution in [-0.4, -0.2) is 34.0 Å². The zero-order chi connectivity index (χ0) is 13.8. The number of amides is 1. The van der Waals surface area contributed by atoms with Gasteiger partial charge in [0.25, 0.3) is 0 Å². The van der Waals surface area contributed by atoms with Crippen LogP contribution in [0.4, 0.5) is 5.69 Å². The Morgan fingerprint density at radius 3 is 2.65 bits per heavy atom. The molecule has 0 bridgehead atoms. The minimum Gasteiger partial charge on any atom is -0.326 e. The van der Waals surface area contributed by atoms with Crippen LogP contribution < -0.4 is 10.6 Å². The Kier molecular flexibility index (Phi) is 3.73. The number of piperidine rings is 1. The van der Waals surface area contributed by atoms with Gasteiger partial charge in [0.15, 0.2) is 0 Å². The van der Waals surface area contributed by atoms with Crippen molar-refractivity contribution in [3.05, 3.63) is 36.7 Å². The summed E-state index contributed by atoms with van der Waals surface area (Å²) in [4.78, 5) is 13.6. The molecular weight excluding hydrogens is 254 g/mol. The van der Waals surface area contributed by atoms with Crippen molar-refractivity contribution in [1.29, 1.82) is 0 Å². The topological polar surface area (TPSA) is 71.8 Å². The SMILES string of the molecule is O=C(Nc1ccc(-n2nccn2)cc1)[C@@H]1CCCNC1. The maximum atomic E-state index is 12.1. The minimum atomic E-state index is 0.0659. The van der Waals surface area contributed by atoms with E-state index in [2.05, 4.69) is 20.8 Å². The highest BCUT2D eigenvalue weighted by Crippen LogP contribution is 2.15. The molecule has 1 aliphatic heterocycles. The molecule has 1 amide bonds. The monoisotopic (exact) mass is 271 g/mol. The summed E-state index contributed by atoms with van der Waals surface area (Å²) in [5.41, 5.74) is 1.67. The van der Waals surface area contributed by atoms with Crippen molar-refractivity contribution in [2.24, 2.45) is 5.92 Å². The maximum absolute atomic E-state index is 12.1. The number of carbonyl (C=O) groups excluding carboxylic acids is 1. The second-order valence-electron chi connectivity index (χ2n) is 4.90. The molecule has 20 heavy (non-hydrogen) atoms. The number of nitrogens with zero attached hydrogens (tertiary/aromatic N) is 3. The molecular formula is C14H17N5O. The van der Waals surface area contributed by atoms with E-state index >= 15 is 0 Å². The lowest BCUT2D eigenvalue weighted by Gasteiger charge is -2.21. The van der Waals surface area contributed by atoms with Gasteiger partial charge in [0.2, 0.25) is 5.91 Å². The van der Waals surface area contributed by atoms with Crippen LogP contribution in [0.3, 0.4) is 0 Å². The number of hydrogen-bond donors (Lipinski definition) is 2. The van der Waals surface area contributed by atoms with Crippen LogP contribution in [0.25, 0.3) is 5.69 Å². The van der Waals surface area contributed by atoms with Crippen molar-refractivity contribution in [3.8, 4) is 5.69 Å². The Balaban J connectivity index is 1.64. The van der Waals surface area contributed by atoms with Gasteiger partial charge in [-0.1, -0.05) is 0 Å². The molecule has 0 unspecified atom stereocenters. The summed E-state index contributed by atoms with van der Waals surface area (Å²) in [5, 5.41) is 14.3. The molecule has 104 valence electrons. The van der Waals surface area contributed by atoms with Crippen molar-refractivity contribution in [3.63, 3.8) is 0 Å². The predicted molar refractivity (Wildman–Crippen MR) is 75.6 cm³/mol. The van der Waals surface area contributed by atoms with Gasteiger partial charge in [-0.2, -0.15) is 15.0 Å². The standard InChI is InChI=1S/C14H17N5O/c20-14(11-2-1-7-15-10-11)18-12-3-5-13(6-4-12)19-16-8-9-17-19/h3-6,8-9,11,15H,1-2,7,10H2,(H,18,20)/t11-/m1/s1. The molecule has 2 heterocycles. The van der Waals surface area contributed by atoms with Crippen molar-refractivity contribution >= 4 is 11.6 Å². The molecule has 3 rings (SSSR count). The molecule has 1 atom stereocenters. The highest BCUT2D eigenvalue weighted by Gasteiger charge is 2.20. The fraction of sp³-hybridized carbons (Fsp3) is 0.357. The summed E-state index contributed by atoms with van der Waals surface area (Å²) in [7, 11) is 0. The van der Waals surface area contributed by atoms with Gasteiger partial charge in [-0.15, -0.1) is 0 Å². The third-order valence-electron chi connectivity index (χ3n) is 3.45. The zero-order valence-electron chi connectivity index (χ0n) is 11.1. The fourth-order valence-electron chi connectivity index (χ4n) is 2.35. The van der Waals surface area contributed by atoms with E-state index in [4.69, 9.17) is 0 Å². The maximum Gasteiger partial charge on any atom is 0.228 e. The summed E-state index contributed by atoms with van der Waals surface area (Å²) >= 11 is 0. The molecule has 0 radical (unpaired) electrons. The van der Waals surface area contributed by atoms with Crippen LogP contribution in [-0.2, 0) is 4.79 Å². The van der Waals surface area contributed by atoms with E-state index in [-0.39, 0.29) is 11.8 Å². The van der Waals surface area contributed by atoms with E-state index in [0.717, 1.165) is 37.3 Å². The summed E-state index contributed by atoms with van der Waals surface area (Å²) in [5.74, 6) is 0.151. The molecule has 1 aromatic carbocycles. The first-order valence-corrected chi connectivity index (χ1v) is 6.81. The van der Waals surface area contributed by atoms with Crippen LogP contribution in [0.5, 0.6) is 0 Å². The lowest BCUT2D eigenvalue weighted by Crippen LogP contribution is -2.37. The molecule has 0 spiro atoms. The van der Waals surface area contributed by atoms with Crippen LogP contribution in [0, 0.1) is 5.92 Å². The molecule has 2 aromatic rings. The molecule has 1 aliphatic rings. The summed E-state index contributed by atoms with van der Waals surface area (Å²) in [6.07, 6.45) is 5.27. The molecule has 1 fully saturated rings. The summed E-state index contributed by atoms with van der Waals surface area (Å²) in [6, 6.07) is 7.50. The van der Waals surface area contributed by atoms with Gasteiger partial charge in [-0.05, 0) is 43.7 Å². The van der Waals surface area contributed by atoms with Crippen LogP contribution in [0.2, 0.25) is 0 Å². The highest BCUT2D eigenvalue weighted by molar-refractivity contribution is 5.92. The Morgan fingerprint density at radius 1 is 1.25 bits per heavy atom. The second kappa shape index (κ2) is 5.83. The van der Waals surface area contributed by atoms with E-state index in [0.29, 0.717) is 0 Å². The molecule has 6 heteroatoms. The summed E-state index contributed by atoms with van der Waals surface area (Å²) in [6.45, 7) is 1.77. The van der Waals surface area contributed by atoms with Gasteiger partial charge >= 0.3 is 0 Å². The normalized spacial score (nSPS) is 18.7. The Bertz CT molecular complexity index is 558. The van der Waals surface area contributed by atoms with E-state index in [1.54, 1.807) is 12.4 Å². The van der Waals surface area contributed by atoms with E-state index < -0.39 is 0 Å². The number of nitrogens with one attached hydrogen (secondary N) is 2. The number of rotatable bonds is 3. The van der Waals surface area contributed by atoms with Crippen molar-refractivity contribution in [2.45, 2.75) is 12.8 Å². The number of carbonyl (C=O) groups is 1. The van der Waals surface area contributed by atoms with E-state index in [9.17, 15) is 4.79 Å². The molecule has 0 saturated carbocycles. The van der Waals surface area contributed by atoms with Crippen molar-refractivity contribution in [1.82, 2.24) is 20.3 Å². The smallest absolute Gasteiger partial charge is 0.228 e. The number of hydrogen-bond acceptors (Lipinski definition) is 4. The molecule has 0 aliphatic carbocycles. The number of anilines is 1. The van der Waals surface area contributed by atoms with Crippen LogP contribution in [0.1, 0.15) is 12.8 Å². The first-order chi connectivity index (χ1) is 9.83. The Hall–Kier alpha value is -2.21. The predicted octanol–water partition coefficient (Wildman–Crippen LogP) is 1.21. The van der Waals surface area contributed by atoms with Gasteiger partial charge < -0.3 is 10.6 Å². The van der Waals surface area contributed by atoms with Crippen molar-refractivity contribution < 1.29 is 4.79 Å². The second-order valence-corrected chi connectivity index (χ2v) is 4.90. The van der Waals surface area contributed by atoms with Crippen LogP contribution >= 0.6 is 0 Å². The average Bonchev–Trinajstić information content (AvgIpc) is 3.03. The average molecular weight is 271 g/mol. The molecule has 1 aromatic heterocycles. The highest BCUT2D eigenvalue weighted by atomic mass is 16.1. The number of aromatic nitrogens is 3. The first-order valence-electron chi connectivity index (χ1n) is 6.81. The Morgan fingerprint density at radius 2 is 2.00 bits per heavy atom. The van der Waals surface area contributed by atoms with Gasteiger partial charge in [-0.3, -0.25) is 4.79 Å². The minimum absolute atomic E-state index is 0.0659. The first kappa shape index (κ1) is 12.8. The van der Waals surface area contributed by atoms with Gasteiger partial charge in [0.1, 0.15) is 0 Å². The summed E-state index contributed by atoms with van der Waals surface area (Å²) < 4.78 is 0. The van der Waals surface area contributed by atoms with Crippen LogP contribution in [0.15, 0.2) is 36.7 Å². The number of benzene rings is 1. The quantitative estimate of drug-likeness (QED) is 0.880. The van der Waals surface area contributed by atoms with E-state index in [1.165, 1.54) is 4.80 Å².